The van der Waals surface area contributed by atoms with E-state index < -0.39 is 0 Å². The van der Waals surface area contributed by atoms with Crippen LogP contribution in [-0.2, 0) is 7.05 Å². The first-order valence-electron chi connectivity index (χ1n) is 6.73. The van der Waals surface area contributed by atoms with Crippen LogP contribution < -0.4 is 15.5 Å². The average molecular weight is 284 g/mol. The van der Waals surface area contributed by atoms with E-state index in [0.717, 1.165) is 5.69 Å². The number of rotatable bonds is 3. The van der Waals surface area contributed by atoms with Gasteiger partial charge in [-0.15, -0.1) is 0 Å². The SMILES string of the molecule is Cn1cccc1C(=O)Nc1ccc(N2CCNC2=O)cc1. The van der Waals surface area contributed by atoms with Crippen molar-refractivity contribution in [3.05, 3.63) is 48.3 Å². The summed E-state index contributed by atoms with van der Waals surface area (Å²) in [4.78, 5) is 25.3. The van der Waals surface area contributed by atoms with Gasteiger partial charge in [0.15, 0.2) is 0 Å². The molecule has 1 aliphatic heterocycles. The Morgan fingerprint density at radius 1 is 1.24 bits per heavy atom. The van der Waals surface area contributed by atoms with Crippen molar-refractivity contribution in [2.24, 2.45) is 7.05 Å². The lowest BCUT2D eigenvalue weighted by Gasteiger charge is -2.14. The van der Waals surface area contributed by atoms with Gasteiger partial charge in [0.1, 0.15) is 5.69 Å². The molecule has 108 valence electrons. The van der Waals surface area contributed by atoms with Crippen molar-refractivity contribution in [3.8, 4) is 0 Å². The van der Waals surface area contributed by atoms with Gasteiger partial charge in [0, 0.05) is 37.7 Å². The molecular weight excluding hydrogens is 268 g/mol. The van der Waals surface area contributed by atoms with Crippen LogP contribution in [0.15, 0.2) is 42.6 Å². The molecule has 1 saturated heterocycles. The van der Waals surface area contributed by atoms with Crippen LogP contribution in [0.3, 0.4) is 0 Å². The first-order chi connectivity index (χ1) is 10.1. The van der Waals surface area contributed by atoms with Crippen LogP contribution >= 0.6 is 0 Å². The minimum atomic E-state index is -0.158. The average Bonchev–Trinajstić information content (AvgIpc) is 3.08. The summed E-state index contributed by atoms with van der Waals surface area (Å²) in [6.45, 7) is 1.32. The van der Waals surface area contributed by atoms with Gasteiger partial charge in [0.25, 0.3) is 5.91 Å². The second-order valence-electron chi connectivity index (χ2n) is 4.89. The zero-order valence-corrected chi connectivity index (χ0v) is 11.7. The van der Waals surface area contributed by atoms with E-state index >= 15 is 0 Å². The Bertz CT molecular complexity index is 675. The zero-order valence-electron chi connectivity index (χ0n) is 11.7. The minimum absolute atomic E-state index is 0.0874. The Kier molecular flexibility index (Phi) is 3.35. The van der Waals surface area contributed by atoms with Gasteiger partial charge in [0.2, 0.25) is 0 Å². The molecule has 0 atom stereocenters. The molecule has 1 fully saturated rings. The van der Waals surface area contributed by atoms with Gasteiger partial charge < -0.3 is 15.2 Å². The van der Waals surface area contributed by atoms with Crippen molar-refractivity contribution >= 4 is 23.3 Å². The van der Waals surface area contributed by atoms with Crippen LogP contribution in [0.5, 0.6) is 0 Å². The Morgan fingerprint density at radius 2 is 2.00 bits per heavy atom. The Morgan fingerprint density at radius 3 is 2.57 bits per heavy atom. The highest BCUT2D eigenvalue weighted by molar-refractivity contribution is 6.03. The molecule has 0 bridgehead atoms. The minimum Gasteiger partial charge on any atom is -0.347 e. The Balaban J connectivity index is 1.71. The molecule has 0 aliphatic carbocycles. The third-order valence-corrected chi connectivity index (χ3v) is 3.47. The smallest absolute Gasteiger partial charge is 0.321 e. The van der Waals surface area contributed by atoms with Crippen LogP contribution in [0.4, 0.5) is 16.2 Å². The van der Waals surface area contributed by atoms with E-state index in [-0.39, 0.29) is 11.9 Å². The lowest BCUT2D eigenvalue weighted by atomic mass is 10.2. The number of hydrogen-bond acceptors (Lipinski definition) is 2. The molecule has 6 nitrogen and oxygen atoms in total. The number of hydrogen-bond donors (Lipinski definition) is 2. The second kappa shape index (κ2) is 5.32. The highest BCUT2D eigenvalue weighted by Crippen LogP contribution is 2.20. The normalized spacial score (nSPS) is 14.1. The Hall–Kier alpha value is -2.76. The molecule has 1 aromatic heterocycles. The van der Waals surface area contributed by atoms with Crippen molar-refractivity contribution < 1.29 is 9.59 Å². The van der Waals surface area contributed by atoms with E-state index in [1.165, 1.54) is 0 Å². The molecule has 0 unspecified atom stereocenters. The largest absolute Gasteiger partial charge is 0.347 e. The fourth-order valence-corrected chi connectivity index (χ4v) is 2.33. The summed E-state index contributed by atoms with van der Waals surface area (Å²) in [5.41, 5.74) is 2.12. The van der Waals surface area contributed by atoms with Gasteiger partial charge in [-0.25, -0.2) is 4.79 Å². The maximum absolute atomic E-state index is 12.1. The van der Waals surface area contributed by atoms with Crippen LogP contribution in [0.2, 0.25) is 0 Å². The fraction of sp³-hybridized carbons (Fsp3) is 0.200. The molecule has 6 heteroatoms. The third kappa shape index (κ3) is 2.60. The molecule has 1 aliphatic rings. The van der Waals surface area contributed by atoms with Crippen molar-refractivity contribution in [1.82, 2.24) is 9.88 Å². The zero-order chi connectivity index (χ0) is 14.8. The number of amides is 3. The molecule has 2 aromatic rings. The van der Waals surface area contributed by atoms with E-state index in [9.17, 15) is 9.59 Å². The van der Waals surface area contributed by atoms with Crippen LogP contribution in [-0.4, -0.2) is 29.6 Å². The highest BCUT2D eigenvalue weighted by Gasteiger charge is 2.20. The highest BCUT2D eigenvalue weighted by atomic mass is 16.2. The number of carbonyl (C=O) groups excluding carboxylic acids is 2. The fourth-order valence-electron chi connectivity index (χ4n) is 2.33. The van der Waals surface area contributed by atoms with Crippen LogP contribution in [0.25, 0.3) is 0 Å². The molecule has 2 heterocycles. The Labute approximate surface area is 122 Å². The third-order valence-electron chi connectivity index (χ3n) is 3.47. The summed E-state index contributed by atoms with van der Waals surface area (Å²) in [5.74, 6) is -0.158. The number of benzene rings is 1. The summed E-state index contributed by atoms with van der Waals surface area (Å²) in [6, 6.07) is 10.7. The predicted octanol–water partition coefficient (Wildman–Crippen LogP) is 1.81. The summed E-state index contributed by atoms with van der Waals surface area (Å²) in [5, 5.41) is 5.59. The molecule has 3 rings (SSSR count). The number of aromatic nitrogens is 1. The van der Waals surface area contributed by atoms with Gasteiger partial charge in [-0.2, -0.15) is 0 Å². The molecule has 0 saturated carbocycles. The summed E-state index contributed by atoms with van der Waals surface area (Å²) in [7, 11) is 1.82. The summed E-state index contributed by atoms with van der Waals surface area (Å²) < 4.78 is 1.76. The quantitative estimate of drug-likeness (QED) is 0.902. The summed E-state index contributed by atoms with van der Waals surface area (Å²) in [6.07, 6.45) is 1.82. The number of nitrogens with zero attached hydrogens (tertiary/aromatic N) is 2. The van der Waals surface area contributed by atoms with Gasteiger partial charge >= 0.3 is 6.03 Å². The first-order valence-corrected chi connectivity index (χ1v) is 6.73. The second-order valence-corrected chi connectivity index (χ2v) is 4.89. The molecule has 3 amide bonds. The van der Waals surface area contributed by atoms with Gasteiger partial charge in [-0.05, 0) is 36.4 Å². The molecule has 0 radical (unpaired) electrons. The number of carbonyl (C=O) groups is 2. The van der Waals surface area contributed by atoms with E-state index in [1.807, 2.05) is 31.4 Å². The molecule has 1 aromatic carbocycles. The van der Waals surface area contributed by atoms with E-state index in [1.54, 1.807) is 27.7 Å². The predicted molar refractivity (Wildman–Crippen MR) is 80.6 cm³/mol. The van der Waals surface area contributed by atoms with E-state index in [4.69, 9.17) is 0 Å². The summed E-state index contributed by atoms with van der Waals surface area (Å²) >= 11 is 0. The van der Waals surface area contributed by atoms with Gasteiger partial charge in [-0.1, -0.05) is 0 Å². The number of urea groups is 1. The van der Waals surface area contributed by atoms with Crippen molar-refractivity contribution in [3.63, 3.8) is 0 Å². The standard InChI is InChI=1S/C15H16N4O2/c1-18-9-2-3-13(18)14(20)17-11-4-6-12(7-5-11)19-10-8-16-15(19)21/h2-7,9H,8,10H2,1H3,(H,16,21)(H,17,20). The molecule has 2 N–H and O–H groups in total. The maximum Gasteiger partial charge on any atom is 0.321 e. The molecular formula is C15H16N4O2. The van der Waals surface area contributed by atoms with Crippen LogP contribution in [0.1, 0.15) is 10.5 Å². The molecule has 0 spiro atoms. The number of anilines is 2. The van der Waals surface area contributed by atoms with Crippen molar-refractivity contribution in [2.45, 2.75) is 0 Å². The van der Waals surface area contributed by atoms with Gasteiger partial charge in [0.05, 0.1) is 0 Å². The van der Waals surface area contributed by atoms with Crippen LogP contribution in [0, 0.1) is 0 Å². The lowest BCUT2D eigenvalue weighted by Crippen LogP contribution is -2.27. The van der Waals surface area contributed by atoms with E-state index in [2.05, 4.69) is 10.6 Å². The lowest BCUT2D eigenvalue weighted by molar-refractivity contribution is 0.101. The van der Waals surface area contributed by atoms with E-state index in [0.29, 0.717) is 24.5 Å². The number of aryl methyl sites for hydroxylation is 1. The number of nitrogens with one attached hydrogen (secondary N) is 2. The first kappa shape index (κ1) is 13.2. The van der Waals surface area contributed by atoms with Crippen molar-refractivity contribution in [2.75, 3.05) is 23.3 Å². The monoisotopic (exact) mass is 284 g/mol. The van der Waals surface area contributed by atoms with Gasteiger partial charge in [-0.3, -0.25) is 9.69 Å². The molecule has 21 heavy (non-hydrogen) atoms. The maximum atomic E-state index is 12.1. The van der Waals surface area contributed by atoms with Crippen molar-refractivity contribution in [1.29, 1.82) is 0 Å². The topological polar surface area (TPSA) is 66.4 Å².